The summed E-state index contributed by atoms with van der Waals surface area (Å²) in [6, 6.07) is -3.35. The SMILES string of the molecule is C#CCOCCOCCOCCOCCC(=O)N(CCOCCNC(=O)CO[C@@H]([C@H]1OC(C(=O)O)=C[C@@H](N=C(N)N)[C@@H]1NC(C)=O)[C@H](O)CO)CCOCCOC(=O)CO[C@@H]([C@H]1OC(C(=O)O)=C[C@@H](N=C(N)N)[C@@H]1C)[C@H](O)CO. The quantitative estimate of drug-likeness (QED) is 0.00889. The number of ether oxygens (including phenoxy) is 11. The Morgan fingerprint density at radius 1 is 0.696 bits per heavy atom. The summed E-state index contributed by atoms with van der Waals surface area (Å²) in [7, 11) is 0. The van der Waals surface area contributed by atoms with Crippen LogP contribution in [-0.2, 0) is 80.9 Å². The maximum absolute atomic E-state index is 13.3. The number of esters is 1. The Hall–Kier alpha value is -6.48. The molecule has 79 heavy (non-hydrogen) atoms. The first-order chi connectivity index (χ1) is 37.7. The number of carboxylic acid groups (broad SMARTS) is 2. The van der Waals surface area contributed by atoms with Gasteiger partial charge in [-0.05, 0) is 12.2 Å². The minimum Gasteiger partial charge on any atom is -0.480 e. The number of aliphatic hydroxyl groups excluding tert-OH is 4. The van der Waals surface area contributed by atoms with Gasteiger partial charge in [0.2, 0.25) is 29.2 Å². The first-order valence-electron chi connectivity index (χ1n) is 24.8. The van der Waals surface area contributed by atoms with Gasteiger partial charge >= 0.3 is 17.9 Å². The molecule has 32 nitrogen and oxygen atoms in total. The lowest BCUT2D eigenvalue weighted by atomic mass is 9.87. The highest BCUT2D eigenvalue weighted by atomic mass is 16.6. The number of rotatable bonds is 42. The second-order valence-electron chi connectivity index (χ2n) is 17.1. The molecule has 0 spiro atoms. The fourth-order valence-electron chi connectivity index (χ4n) is 7.39. The van der Waals surface area contributed by atoms with Crippen molar-refractivity contribution < 1.29 is 112 Å². The highest BCUT2D eigenvalue weighted by Crippen LogP contribution is 2.31. The number of hydrogen-bond donors (Lipinski definition) is 12. The van der Waals surface area contributed by atoms with E-state index >= 15 is 0 Å². The van der Waals surface area contributed by atoms with E-state index in [2.05, 4.69) is 26.5 Å². The number of hydrogen-bond acceptors (Lipinski definition) is 23. The number of aliphatic hydroxyl groups is 4. The molecule has 2 heterocycles. The third-order valence-corrected chi connectivity index (χ3v) is 11.1. The number of guanidine groups is 2. The van der Waals surface area contributed by atoms with Gasteiger partial charge in [-0.3, -0.25) is 14.4 Å². The second-order valence-corrected chi connectivity index (χ2v) is 17.1. The van der Waals surface area contributed by atoms with E-state index in [-0.39, 0.29) is 97.4 Å². The number of carboxylic acids is 2. The maximum Gasteiger partial charge on any atom is 0.370 e. The van der Waals surface area contributed by atoms with Crippen LogP contribution in [0.1, 0.15) is 20.3 Å². The molecule has 0 radical (unpaired) electrons. The van der Waals surface area contributed by atoms with E-state index in [1.165, 1.54) is 11.0 Å². The lowest BCUT2D eigenvalue weighted by Crippen LogP contribution is -2.60. The van der Waals surface area contributed by atoms with Gasteiger partial charge in [-0.2, -0.15) is 0 Å². The largest absolute Gasteiger partial charge is 0.480 e. The van der Waals surface area contributed by atoms with Crippen molar-refractivity contribution in [2.75, 3.05) is 132 Å². The van der Waals surface area contributed by atoms with Crippen LogP contribution in [0.3, 0.4) is 0 Å². The van der Waals surface area contributed by atoms with Crippen LogP contribution in [-0.4, -0.2) is 270 Å². The zero-order valence-corrected chi connectivity index (χ0v) is 44.1. The summed E-state index contributed by atoms with van der Waals surface area (Å²) in [6.07, 6.45) is -1.85. The molecule has 32 heteroatoms. The average Bonchev–Trinajstić information content (AvgIpc) is 3.47. The Balaban J connectivity index is 1.94. The maximum atomic E-state index is 13.3. The molecule has 0 saturated carbocycles. The highest BCUT2D eigenvalue weighted by Gasteiger charge is 2.46. The van der Waals surface area contributed by atoms with Crippen LogP contribution in [0.15, 0.2) is 33.7 Å². The Morgan fingerprint density at radius 3 is 1.72 bits per heavy atom. The number of aliphatic imine (C=N–C) groups is 2. The van der Waals surface area contributed by atoms with Gasteiger partial charge < -0.3 is 121 Å². The molecule has 2 aliphatic heterocycles. The van der Waals surface area contributed by atoms with Crippen LogP contribution >= 0.6 is 0 Å². The number of terminal acetylenes is 1. The summed E-state index contributed by atoms with van der Waals surface area (Å²) in [4.78, 5) is 84.0. The third-order valence-electron chi connectivity index (χ3n) is 11.1. The van der Waals surface area contributed by atoms with Crippen LogP contribution in [0.2, 0.25) is 0 Å². The summed E-state index contributed by atoms with van der Waals surface area (Å²) < 4.78 is 60.3. The molecule has 0 aromatic carbocycles. The summed E-state index contributed by atoms with van der Waals surface area (Å²) >= 11 is 0. The lowest BCUT2D eigenvalue weighted by Gasteiger charge is -2.40. The van der Waals surface area contributed by atoms with Crippen molar-refractivity contribution in [3.05, 3.63) is 23.7 Å². The van der Waals surface area contributed by atoms with Crippen molar-refractivity contribution in [3.63, 3.8) is 0 Å². The summed E-state index contributed by atoms with van der Waals surface area (Å²) in [6.45, 7) is 1.13. The Bertz CT molecular complexity index is 2050. The Labute approximate surface area is 455 Å². The van der Waals surface area contributed by atoms with Gasteiger partial charge in [0.05, 0.1) is 110 Å². The minimum absolute atomic E-state index is 0.00720. The van der Waals surface area contributed by atoms with Gasteiger partial charge in [-0.25, -0.2) is 24.4 Å². The molecule has 0 aromatic heterocycles. The molecule has 16 N–H and O–H groups in total. The van der Waals surface area contributed by atoms with Crippen molar-refractivity contribution in [1.82, 2.24) is 15.5 Å². The fraction of sp³-hybridized carbons (Fsp3) is 0.702. The molecule has 2 aliphatic rings. The van der Waals surface area contributed by atoms with Gasteiger partial charge in [0, 0.05) is 32.5 Å². The Morgan fingerprint density at radius 2 is 1.18 bits per heavy atom. The standard InChI is InChI=1S/C47H77N9O23/c1-4-9-69-14-16-73-18-19-74-17-15-70-10-5-37(63)56(8-13-72-20-21-75-38(64)27-77-41(32(60)24-57)40-28(2)30(54-46(48)49)22-34(78-40)44(65)66)7-12-71-11-6-52-36(62)26-76-42(33(61)25-58)43-39(53-29(3)59)31(55-47(50)51)23-35(79-43)45(67)68/h1,22-23,28,30-33,39-43,57-58,60-61H,5-21,24-27H2,2-3H3,(H,52,62)(H,53,59)(H,65,66)(H,67,68)(H4,48,49,54)(H4,50,51,55)/t28-,30+,31+,32+,33+,39-,40-,41+,42+,43-/m0/s1. The molecule has 0 saturated heterocycles. The molecule has 3 amide bonds. The average molecular weight is 1140 g/mol. The fourth-order valence-corrected chi connectivity index (χ4v) is 7.39. The molecule has 0 aliphatic carbocycles. The number of nitrogens with two attached hydrogens (primary N) is 4. The van der Waals surface area contributed by atoms with Crippen LogP contribution in [0.4, 0.5) is 0 Å². The molecule has 0 unspecified atom stereocenters. The van der Waals surface area contributed by atoms with Gasteiger partial charge in [0.1, 0.15) is 56.9 Å². The predicted molar refractivity (Wildman–Crippen MR) is 272 cm³/mol. The first-order valence-corrected chi connectivity index (χ1v) is 24.8. The van der Waals surface area contributed by atoms with Gasteiger partial charge in [0.15, 0.2) is 18.0 Å². The molecule has 0 aromatic rings. The highest BCUT2D eigenvalue weighted by molar-refractivity contribution is 5.86. The van der Waals surface area contributed by atoms with E-state index in [0.717, 1.165) is 13.0 Å². The number of nitrogens with one attached hydrogen (secondary N) is 2. The molecule has 0 fully saturated rings. The predicted octanol–water partition coefficient (Wildman–Crippen LogP) is -6.77. The van der Waals surface area contributed by atoms with E-state index in [1.54, 1.807) is 6.92 Å². The Kier molecular flexibility index (Phi) is 33.9. The van der Waals surface area contributed by atoms with Crippen molar-refractivity contribution in [1.29, 1.82) is 0 Å². The zero-order chi connectivity index (χ0) is 58.7. The smallest absolute Gasteiger partial charge is 0.370 e. The van der Waals surface area contributed by atoms with E-state index < -0.39 is 134 Å². The van der Waals surface area contributed by atoms with Crippen LogP contribution < -0.4 is 33.6 Å². The van der Waals surface area contributed by atoms with Crippen LogP contribution in [0.5, 0.6) is 0 Å². The number of nitrogens with zero attached hydrogens (tertiary/aromatic N) is 3. The zero-order valence-electron chi connectivity index (χ0n) is 44.1. The molecular formula is C47H77N9O23. The summed E-state index contributed by atoms with van der Waals surface area (Å²) in [5.41, 5.74) is 22.1. The molecule has 0 bridgehead atoms. The topological polar surface area (TPSA) is 481 Å². The van der Waals surface area contributed by atoms with E-state index in [1.807, 2.05) is 0 Å². The third kappa shape index (κ3) is 27.3. The molecule has 448 valence electrons. The van der Waals surface area contributed by atoms with E-state index in [9.17, 15) is 59.4 Å². The van der Waals surface area contributed by atoms with Crippen LogP contribution in [0.25, 0.3) is 0 Å². The molecular weight excluding hydrogens is 1060 g/mol. The van der Waals surface area contributed by atoms with Gasteiger partial charge in [-0.1, -0.05) is 12.8 Å². The normalized spacial score (nSPS) is 20.2. The van der Waals surface area contributed by atoms with Crippen molar-refractivity contribution >= 4 is 47.5 Å². The van der Waals surface area contributed by atoms with E-state index in [4.69, 9.17) is 81.5 Å². The number of aliphatic carboxylic acids is 2. The van der Waals surface area contributed by atoms with Crippen LogP contribution in [0, 0.1) is 18.3 Å². The monoisotopic (exact) mass is 1140 g/mol. The molecule has 2 rings (SSSR count). The summed E-state index contributed by atoms with van der Waals surface area (Å²) in [5.74, 6) is -5.91. The van der Waals surface area contributed by atoms with Crippen molar-refractivity contribution in [3.8, 4) is 12.3 Å². The van der Waals surface area contributed by atoms with Gasteiger partial charge in [-0.15, -0.1) is 6.42 Å². The number of carbonyl (C=O) groups excluding carboxylic acids is 4. The van der Waals surface area contributed by atoms with Crippen molar-refractivity contribution in [2.24, 2.45) is 38.8 Å². The minimum atomic E-state index is -1.75. The lowest BCUT2D eigenvalue weighted by molar-refractivity contribution is -0.171. The first kappa shape index (κ1) is 68.6. The number of amides is 3. The van der Waals surface area contributed by atoms with Gasteiger partial charge in [0.25, 0.3) is 0 Å². The second kappa shape index (κ2) is 39.0. The number of carbonyl (C=O) groups is 6. The van der Waals surface area contributed by atoms with E-state index in [0.29, 0.717) is 26.4 Å². The van der Waals surface area contributed by atoms with Crippen molar-refractivity contribution in [2.45, 2.75) is 75.0 Å². The summed E-state index contributed by atoms with van der Waals surface area (Å²) in [5, 5.41) is 65.1. The molecule has 10 atom stereocenters.